The summed E-state index contributed by atoms with van der Waals surface area (Å²) >= 11 is 0. The molecule has 0 spiro atoms. The molecule has 2 N–H and O–H groups in total. The van der Waals surface area contributed by atoms with E-state index in [1.807, 2.05) is 0 Å². The Morgan fingerprint density at radius 2 is 2.08 bits per heavy atom. The summed E-state index contributed by atoms with van der Waals surface area (Å²) in [6, 6.07) is -0.293. The standard InChI is InChI=1S/C7H11F2NO2.ClH/c1-12-6(11)7(5(8)9)2-4(10)3-7;/h4-5H,2-3,10H2,1H3;1H. The minimum Gasteiger partial charge on any atom is -0.468 e. The molecule has 6 heteroatoms. The van der Waals surface area contributed by atoms with Gasteiger partial charge in [0.2, 0.25) is 0 Å². The van der Waals surface area contributed by atoms with Crippen LogP contribution in [-0.2, 0) is 9.53 Å². The van der Waals surface area contributed by atoms with E-state index in [2.05, 4.69) is 4.74 Å². The van der Waals surface area contributed by atoms with Gasteiger partial charge in [-0.3, -0.25) is 4.79 Å². The van der Waals surface area contributed by atoms with Crippen LogP contribution in [0.1, 0.15) is 12.8 Å². The van der Waals surface area contributed by atoms with Crippen LogP contribution in [0.5, 0.6) is 0 Å². The lowest BCUT2D eigenvalue weighted by Gasteiger charge is -2.42. The number of hydrogen-bond acceptors (Lipinski definition) is 3. The number of rotatable bonds is 2. The third-order valence-electron chi connectivity index (χ3n) is 2.26. The summed E-state index contributed by atoms with van der Waals surface area (Å²) in [5.74, 6) is -0.848. The smallest absolute Gasteiger partial charge is 0.317 e. The number of halogens is 3. The van der Waals surface area contributed by atoms with Crippen LogP contribution < -0.4 is 5.73 Å². The molecule has 0 aromatic carbocycles. The van der Waals surface area contributed by atoms with E-state index in [-0.39, 0.29) is 31.3 Å². The van der Waals surface area contributed by atoms with Crippen molar-refractivity contribution in [1.29, 1.82) is 0 Å². The average molecular weight is 216 g/mol. The zero-order valence-corrected chi connectivity index (χ0v) is 7.94. The highest BCUT2D eigenvalue weighted by Gasteiger charge is 2.56. The quantitative estimate of drug-likeness (QED) is 0.698. The van der Waals surface area contributed by atoms with Crippen molar-refractivity contribution in [3.05, 3.63) is 0 Å². The maximum atomic E-state index is 12.4. The van der Waals surface area contributed by atoms with Crippen LogP contribution in [0.15, 0.2) is 0 Å². The van der Waals surface area contributed by atoms with Crippen molar-refractivity contribution in [2.24, 2.45) is 11.1 Å². The minimum atomic E-state index is -2.68. The highest BCUT2D eigenvalue weighted by Crippen LogP contribution is 2.46. The van der Waals surface area contributed by atoms with E-state index in [1.165, 1.54) is 0 Å². The van der Waals surface area contributed by atoms with Gasteiger partial charge in [-0.15, -0.1) is 12.4 Å². The van der Waals surface area contributed by atoms with Gasteiger partial charge in [0.25, 0.3) is 6.43 Å². The second-order valence-electron chi connectivity index (χ2n) is 3.12. The van der Waals surface area contributed by atoms with Crippen molar-refractivity contribution in [3.63, 3.8) is 0 Å². The lowest BCUT2D eigenvalue weighted by atomic mass is 9.66. The van der Waals surface area contributed by atoms with Gasteiger partial charge in [-0.2, -0.15) is 0 Å². The number of carbonyl (C=O) groups excluding carboxylic acids is 1. The summed E-state index contributed by atoms with van der Waals surface area (Å²) in [5.41, 5.74) is 3.73. The highest BCUT2D eigenvalue weighted by molar-refractivity contribution is 5.85. The first-order chi connectivity index (χ1) is 5.53. The molecule has 0 aliphatic heterocycles. The Kier molecular flexibility index (Phi) is 4.06. The minimum absolute atomic E-state index is 0. The van der Waals surface area contributed by atoms with Gasteiger partial charge in [0, 0.05) is 6.04 Å². The van der Waals surface area contributed by atoms with Gasteiger partial charge in [0.1, 0.15) is 5.41 Å². The molecule has 0 saturated heterocycles. The molecule has 78 valence electrons. The number of methoxy groups -OCH3 is 1. The molecule has 0 atom stereocenters. The molecule has 0 heterocycles. The zero-order valence-electron chi connectivity index (χ0n) is 7.13. The van der Waals surface area contributed by atoms with Gasteiger partial charge in [-0.25, -0.2) is 8.78 Å². The molecule has 0 unspecified atom stereocenters. The van der Waals surface area contributed by atoms with Crippen molar-refractivity contribution >= 4 is 18.4 Å². The van der Waals surface area contributed by atoms with Crippen LogP contribution in [0.3, 0.4) is 0 Å². The number of hydrogen-bond donors (Lipinski definition) is 1. The molecule has 1 saturated carbocycles. The first-order valence-corrected chi connectivity index (χ1v) is 3.65. The number of alkyl halides is 2. The van der Waals surface area contributed by atoms with Crippen LogP contribution >= 0.6 is 12.4 Å². The molecule has 0 amide bonds. The van der Waals surface area contributed by atoms with Crippen molar-refractivity contribution in [2.75, 3.05) is 7.11 Å². The van der Waals surface area contributed by atoms with Gasteiger partial charge in [0.15, 0.2) is 0 Å². The van der Waals surface area contributed by atoms with Gasteiger partial charge in [0.05, 0.1) is 7.11 Å². The van der Waals surface area contributed by atoms with Crippen molar-refractivity contribution in [2.45, 2.75) is 25.3 Å². The van der Waals surface area contributed by atoms with Gasteiger partial charge in [-0.1, -0.05) is 0 Å². The van der Waals surface area contributed by atoms with E-state index in [4.69, 9.17) is 5.73 Å². The Morgan fingerprint density at radius 1 is 1.62 bits per heavy atom. The van der Waals surface area contributed by atoms with Gasteiger partial charge < -0.3 is 10.5 Å². The fourth-order valence-corrected chi connectivity index (χ4v) is 1.51. The lowest BCUT2D eigenvalue weighted by Crippen LogP contribution is -2.55. The monoisotopic (exact) mass is 215 g/mol. The molecule has 0 bridgehead atoms. The van der Waals surface area contributed by atoms with Gasteiger partial charge in [-0.05, 0) is 12.8 Å². The topological polar surface area (TPSA) is 52.3 Å². The second kappa shape index (κ2) is 4.19. The Hall–Kier alpha value is -0.420. The summed E-state index contributed by atoms with van der Waals surface area (Å²) in [5, 5.41) is 0. The molecular formula is C7H12ClF2NO2. The van der Waals surface area contributed by atoms with E-state index >= 15 is 0 Å². The zero-order chi connectivity index (χ0) is 9.35. The highest BCUT2D eigenvalue weighted by atomic mass is 35.5. The van der Waals surface area contributed by atoms with Crippen molar-refractivity contribution < 1.29 is 18.3 Å². The Balaban J connectivity index is 0.00000144. The first-order valence-electron chi connectivity index (χ1n) is 3.65. The third kappa shape index (κ3) is 1.91. The Labute approximate surface area is 81.0 Å². The van der Waals surface area contributed by atoms with Crippen LogP contribution in [0, 0.1) is 5.41 Å². The summed E-state index contributed by atoms with van der Waals surface area (Å²) in [6.07, 6.45) is -2.63. The number of nitrogens with two attached hydrogens (primary N) is 1. The fourth-order valence-electron chi connectivity index (χ4n) is 1.51. The molecule has 1 rings (SSSR count). The third-order valence-corrected chi connectivity index (χ3v) is 2.26. The molecule has 13 heavy (non-hydrogen) atoms. The van der Waals surface area contributed by atoms with Gasteiger partial charge >= 0.3 is 5.97 Å². The molecular weight excluding hydrogens is 204 g/mol. The predicted octanol–water partition coefficient (Wildman–Crippen LogP) is 0.954. The molecule has 1 aliphatic carbocycles. The number of ether oxygens (including phenoxy) is 1. The number of carbonyl (C=O) groups is 1. The van der Waals surface area contributed by atoms with E-state index in [0.29, 0.717) is 0 Å². The van der Waals surface area contributed by atoms with E-state index in [1.54, 1.807) is 0 Å². The van der Waals surface area contributed by atoms with E-state index < -0.39 is 17.8 Å². The van der Waals surface area contributed by atoms with Crippen LogP contribution in [-0.4, -0.2) is 25.5 Å². The van der Waals surface area contributed by atoms with Crippen LogP contribution in [0.25, 0.3) is 0 Å². The first kappa shape index (κ1) is 12.6. The Morgan fingerprint density at radius 3 is 2.31 bits per heavy atom. The van der Waals surface area contributed by atoms with E-state index in [0.717, 1.165) is 7.11 Å². The fraction of sp³-hybridized carbons (Fsp3) is 0.857. The molecule has 1 fully saturated rings. The SMILES string of the molecule is COC(=O)C1(C(F)F)CC(N)C1.Cl. The second-order valence-corrected chi connectivity index (χ2v) is 3.12. The molecule has 0 aromatic heterocycles. The summed E-state index contributed by atoms with van der Waals surface area (Å²) in [6.45, 7) is 0. The van der Waals surface area contributed by atoms with Crippen LogP contribution in [0.4, 0.5) is 8.78 Å². The largest absolute Gasteiger partial charge is 0.468 e. The molecule has 0 radical (unpaired) electrons. The molecule has 1 aliphatic rings. The summed E-state index contributed by atoms with van der Waals surface area (Å²) in [7, 11) is 1.11. The average Bonchev–Trinajstić information content (AvgIpc) is 1.96. The predicted molar refractivity (Wildman–Crippen MR) is 44.9 cm³/mol. The summed E-state index contributed by atoms with van der Waals surface area (Å²) in [4.78, 5) is 10.9. The van der Waals surface area contributed by atoms with Crippen molar-refractivity contribution in [1.82, 2.24) is 0 Å². The maximum absolute atomic E-state index is 12.4. The van der Waals surface area contributed by atoms with Crippen LogP contribution in [0.2, 0.25) is 0 Å². The maximum Gasteiger partial charge on any atom is 0.317 e. The summed E-state index contributed by atoms with van der Waals surface area (Å²) < 4.78 is 29.1. The molecule has 0 aromatic rings. The normalized spacial score (nSPS) is 31.9. The Bertz CT molecular complexity index is 195. The number of esters is 1. The van der Waals surface area contributed by atoms with Crippen molar-refractivity contribution in [3.8, 4) is 0 Å². The van der Waals surface area contributed by atoms with E-state index in [9.17, 15) is 13.6 Å². The lowest BCUT2D eigenvalue weighted by molar-refractivity contribution is -0.175. The molecule has 3 nitrogen and oxygen atoms in total.